The number of nitrogens with zero attached hydrogens (tertiary/aromatic N) is 3. The van der Waals surface area contributed by atoms with Crippen molar-refractivity contribution < 1.29 is 14.7 Å². The van der Waals surface area contributed by atoms with E-state index in [0.29, 0.717) is 18.3 Å². The fraction of sp³-hybridized carbons (Fsp3) is 0.840. The Balaban J connectivity index is 1.36. The van der Waals surface area contributed by atoms with Crippen molar-refractivity contribution in [1.29, 1.82) is 0 Å². The van der Waals surface area contributed by atoms with Gasteiger partial charge in [0.15, 0.2) is 0 Å². The average Bonchev–Trinajstić information content (AvgIpc) is 3.07. The maximum atomic E-state index is 13.0. The number of hydrogen-bond acceptors (Lipinski definition) is 4. The van der Waals surface area contributed by atoms with Crippen molar-refractivity contribution in [3.8, 4) is 0 Å². The van der Waals surface area contributed by atoms with E-state index in [1.807, 2.05) is 16.8 Å². The molecule has 2 saturated heterocycles. The quantitative estimate of drug-likeness (QED) is 0.651. The van der Waals surface area contributed by atoms with Gasteiger partial charge in [-0.15, -0.1) is 0 Å². The maximum Gasteiger partial charge on any atom is 0.317 e. The first kappa shape index (κ1) is 22.2. The number of allylic oxidation sites excluding steroid dienone is 2. The standard InChI is InChI=1S/C25H40N4O3/c1-24-10-9-21(31)28(4)20(24)8-5-16-17-6-7-19(25(17,2)15-18(30)22(16)24)26-23(32)29-13-11-27(3)12-14-29/h8,16-19,22,30H,5-7,9-15H2,1-4H3,(H,26,32)/t16?,17?,18-,19-,22?,24-,25-/m0/s1. The zero-order valence-corrected chi connectivity index (χ0v) is 20.1. The molecule has 4 fully saturated rings. The molecule has 0 bridgehead atoms. The van der Waals surface area contributed by atoms with Crippen LogP contribution in [0.4, 0.5) is 4.79 Å². The highest BCUT2D eigenvalue weighted by molar-refractivity contribution is 5.79. The summed E-state index contributed by atoms with van der Waals surface area (Å²) in [5.41, 5.74) is 0.893. The zero-order valence-electron chi connectivity index (χ0n) is 20.1. The predicted octanol–water partition coefficient (Wildman–Crippen LogP) is 2.27. The number of aliphatic hydroxyl groups is 1. The van der Waals surface area contributed by atoms with Crippen molar-refractivity contribution >= 4 is 11.9 Å². The highest BCUT2D eigenvalue weighted by Crippen LogP contribution is 2.64. The summed E-state index contributed by atoms with van der Waals surface area (Å²) in [6, 6.07) is 0.177. The van der Waals surface area contributed by atoms with Crippen LogP contribution in [0.15, 0.2) is 11.8 Å². The Morgan fingerprint density at radius 1 is 1.16 bits per heavy atom. The molecule has 32 heavy (non-hydrogen) atoms. The van der Waals surface area contributed by atoms with Gasteiger partial charge in [-0.05, 0) is 62.3 Å². The number of piperidine rings is 1. The lowest BCUT2D eigenvalue weighted by Gasteiger charge is -2.60. The number of carbonyl (C=O) groups is 2. The normalized spacial score (nSPS) is 44.5. The first-order chi connectivity index (χ1) is 15.1. The Labute approximate surface area is 192 Å². The second-order valence-corrected chi connectivity index (χ2v) is 11.6. The van der Waals surface area contributed by atoms with Gasteiger partial charge >= 0.3 is 6.03 Å². The number of likely N-dealkylation sites (tertiary alicyclic amines) is 1. The van der Waals surface area contributed by atoms with Crippen molar-refractivity contribution in [3.05, 3.63) is 11.8 Å². The molecule has 3 unspecified atom stereocenters. The summed E-state index contributed by atoms with van der Waals surface area (Å²) in [5, 5.41) is 14.9. The number of aliphatic hydroxyl groups excluding tert-OH is 1. The molecule has 2 N–H and O–H groups in total. The van der Waals surface area contributed by atoms with Crippen molar-refractivity contribution in [2.45, 2.75) is 64.5 Å². The van der Waals surface area contributed by atoms with Crippen LogP contribution in [0.2, 0.25) is 0 Å². The van der Waals surface area contributed by atoms with Gasteiger partial charge in [0.05, 0.1) is 6.10 Å². The highest BCUT2D eigenvalue weighted by atomic mass is 16.3. The van der Waals surface area contributed by atoms with Gasteiger partial charge in [-0.3, -0.25) is 4.79 Å². The maximum absolute atomic E-state index is 13.0. The second kappa shape index (κ2) is 7.73. The monoisotopic (exact) mass is 444 g/mol. The van der Waals surface area contributed by atoms with Crippen molar-refractivity contribution in [2.75, 3.05) is 40.3 Å². The van der Waals surface area contributed by atoms with Gasteiger partial charge in [0, 0.05) is 56.8 Å². The average molecular weight is 445 g/mol. The molecular weight excluding hydrogens is 404 g/mol. The van der Waals surface area contributed by atoms with Crippen molar-refractivity contribution in [2.24, 2.45) is 28.6 Å². The summed E-state index contributed by atoms with van der Waals surface area (Å²) < 4.78 is 0. The van der Waals surface area contributed by atoms with E-state index in [2.05, 4.69) is 37.2 Å². The van der Waals surface area contributed by atoms with Gasteiger partial charge < -0.3 is 25.1 Å². The molecule has 0 aromatic heterocycles. The van der Waals surface area contributed by atoms with Crippen LogP contribution in [0.1, 0.15) is 52.4 Å². The predicted molar refractivity (Wildman–Crippen MR) is 123 cm³/mol. The molecule has 7 nitrogen and oxygen atoms in total. The highest BCUT2D eigenvalue weighted by Gasteiger charge is 2.62. The molecule has 2 saturated carbocycles. The number of amides is 3. The van der Waals surface area contributed by atoms with E-state index in [1.54, 1.807) is 0 Å². The number of rotatable bonds is 1. The van der Waals surface area contributed by atoms with E-state index in [0.717, 1.165) is 64.0 Å². The summed E-state index contributed by atoms with van der Waals surface area (Å²) in [6.07, 6.45) is 7.01. The van der Waals surface area contributed by atoms with E-state index >= 15 is 0 Å². The molecule has 7 heteroatoms. The van der Waals surface area contributed by atoms with Crippen LogP contribution >= 0.6 is 0 Å². The number of fused-ring (bicyclic) bond motifs is 5. The molecule has 3 amide bonds. The molecule has 2 aliphatic heterocycles. The summed E-state index contributed by atoms with van der Waals surface area (Å²) in [5.74, 6) is 1.27. The van der Waals surface area contributed by atoms with Crippen LogP contribution in [0.25, 0.3) is 0 Å². The lowest BCUT2D eigenvalue weighted by atomic mass is 9.48. The minimum Gasteiger partial charge on any atom is -0.393 e. The zero-order chi connectivity index (χ0) is 22.8. The van der Waals surface area contributed by atoms with Gasteiger partial charge in [0.1, 0.15) is 0 Å². The third kappa shape index (κ3) is 3.22. The molecule has 2 heterocycles. The number of hydrogen-bond donors (Lipinski definition) is 2. The number of carbonyl (C=O) groups excluding carboxylic acids is 2. The fourth-order valence-corrected chi connectivity index (χ4v) is 8.20. The van der Waals surface area contributed by atoms with Crippen molar-refractivity contribution in [3.63, 3.8) is 0 Å². The Morgan fingerprint density at radius 3 is 2.59 bits per heavy atom. The number of nitrogens with one attached hydrogen (secondary N) is 1. The summed E-state index contributed by atoms with van der Waals surface area (Å²) >= 11 is 0. The topological polar surface area (TPSA) is 76.1 Å². The minimum atomic E-state index is -0.405. The Kier molecular flexibility index (Phi) is 5.36. The van der Waals surface area contributed by atoms with E-state index in [4.69, 9.17) is 0 Å². The number of urea groups is 1. The Bertz CT molecular complexity index is 822. The summed E-state index contributed by atoms with van der Waals surface area (Å²) in [4.78, 5) is 31.4. The Morgan fingerprint density at radius 2 is 1.88 bits per heavy atom. The molecule has 0 aromatic carbocycles. The molecule has 0 spiro atoms. The summed E-state index contributed by atoms with van der Waals surface area (Å²) in [7, 11) is 3.99. The van der Waals surface area contributed by atoms with Crippen LogP contribution in [0, 0.1) is 28.6 Å². The van der Waals surface area contributed by atoms with E-state index in [9.17, 15) is 14.7 Å². The van der Waals surface area contributed by atoms with Gasteiger partial charge in [-0.1, -0.05) is 19.9 Å². The first-order valence-electron chi connectivity index (χ1n) is 12.5. The van der Waals surface area contributed by atoms with Crippen LogP contribution in [-0.4, -0.2) is 84.2 Å². The van der Waals surface area contributed by atoms with E-state index in [1.165, 1.54) is 0 Å². The number of piperazine rings is 1. The largest absolute Gasteiger partial charge is 0.393 e. The van der Waals surface area contributed by atoms with Crippen LogP contribution < -0.4 is 5.32 Å². The third-order valence-electron chi connectivity index (χ3n) is 10.0. The molecular formula is C25H40N4O3. The second-order valence-electron chi connectivity index (χ2n) is 11.6. The number of likely N-dealkylation sites (N-methyl/N-ethyl adjacent to an activating group) is 1. The van der Waals surface area contributed by atoms with Crippen LogP contribution in [-0.2, 0) is 4.79 Å². The summed E-state index contributed by atoms with van der Waals surface area (Å²) in [6.45, 7) is 7.97. The minimum absolute atomic E-state index is 0.0618. The molecule has 7 atom stereocenters. The third-order valence-corrected chi connectivity index (χ3v) is 10.0. The molecule has 0 radical (unpaired) electrons. The molecule has 5 rings (SSSR count). The van der Waals surface area contributed by atoms with Crippen LogP contribution in [0.5, 0.6) is 0 Å². The fourth-order valence-electron chi connectivity index (χ4n) is 8.20. The first-order valence-corrected chi connectivity index (χ1v) is 12.5. The van der Waals surface area contributed by atoms with Crippen molar-refractivity contribution in [1.82, 2.24) is 20.0 Å². The molecule has 178 valence electrons. The molecule has 0 aromatic rings. The Hall–Kier alpha value is -1.60. The van der Waals surface area contributed by atoms with E-state index < -0.39 is 6.10 Å². The van der Waals surface area contributed by atoms with Crippen LogP contribution in [0.3, 0.4) is 0 Å². The SMILES string of the molecule is CN1CCN(C(=O)N[C@H]2CCC3C4CC=C5N(C)C(=O)CC[C@]5(C)C4[C@@H](O)C[C@@]32C)CC1. The van der Waals surface area contributed by atoms with Gasteiger partial charge in [-0.25, -0.2) is 4.79 Å². The molecule has 5 aliphatic rings. The smallest absolute Gasteiger partial charge is 0.317 e. The van der Waals surface area contributed by atoms with E-state index in [-0.39, 0.29) is 34.7 Å². The van der Waals surface area contributed by atoms with Gasteiger partial charge in [0.2, 0.25) is 5.91 Å². The van der Waals surface area contributed by atoms with Gasteiger partial charge in [0.25, 0.3) is 0 Å². The lowest BCUT2D eigenvalue weighted by molar-refractivity contribution is -0.145. The molecule has 3 aliphatic carbocycles. The van der Waals surface area contributed by atoms with Gasteiger partial charge in [-0.2, -0.15) is 0 Å². The lowest BCUT2D eigenvalue weighted by Crippen LogP contribution is -2.61.